The fraction of sp³-hybridized carbons (Fsp3) is 0.286. The van der Waals surface area contributed by atoms with Crippen LogP contribution in [0.25, 0.3) is 0 Å². The second kappa shape index (κ2) is 4.42. The molecular weight excluding hydrogens is 242 g/mol. The van der Waals surface area contributed by atoms with Gasteiger partial charge in [-0.2, -0.15) is 5.10 Å². The van der Waals surface area contributed by atoms with Crippen molar-refractivity contribution in [3.8, 4) is 0 Å². The summed E-state index contributed by atoms with van der Waals surface area (Å²) in [6, 6.07) is 9.68. The number of para-hydroxylation sites is 1. The number of rotatable bonds is 3. The minimum Gasteiger partial charge on any atom is -0.464 e. The van der Waals surface area contributed by atoms with Crippen LogP contribution in [0.3, 0.4) is 0 Å². The Kier molecular flexibility index (Phi) is 2.74. The summed E-state index contributed by atoms with van der Waals surface area (Å²) in [6.07, 6.45) is 2.26. The smallest absolute Gasteiger partial charge is 0.338 e. The van der Waals surface area contributed by atoms with Crippen LogP contribution in [0.1, 0.15) is 18.2 Å². The van der Waals surface area contributed by atoms with Gasteiger partial charge in [0.1, 0.15) is 0 Å². The van der Waals surface area contributed by atoms with Crippen molar-refractivity contribution in [2.24, 2.45) is 0 Å². The molecule has 1 aliphatic heterocycles. The van der Waals surface area contributed by atoms with E-state index in [2.05, 4.69) is 15.5 Å². The van der Waals surface area contributed by atoms with E-state index in [1.807, 2.05) is 24.3 Å². The lowest BCUT2D eigenvalue weighted by molar-refractivity contribution is -0.148. The van der Waals surface area contributed by atoms with Crippen LogP contribution in [-0.2, 0) is 21.5 Å². The molecule has 1 unspecified atom stereocenters. The van der Waals surface area contributed by atoms with Crippen LogP contribution in [0.15, 0.2) is 36.5 Å². The summed E-state index contributed by atoms with van der Waals surface area (Å²) in [5.74, 6) is -0.293. The molecule has 1 aromatic heterocycles. The van der Waals surface area contributed by atoms with Crippen molar-refractivity contribution in [3.05, 3.63) is 47.8 Å². The topological polar surface area (TPSA) is 67.0 Å². The lowest BCUT2D eigenvalue weighted by atomic mass is 9.91. The van der Waals surface area contributed by atoms with Gasteiger partial charge < -0.3 is 10.1 Å². The Morgan fingerprint density at radius 3 is 2.95 bits per heavy atom. The number of esters is 1. The number of anilines is 1. The van der Waals surface area contributed by atoms with Crippen molar-refractivity contribution in [2.75, 3.05) is 11.9 Å². The van der Waals surface area contributed by atoms with Crippen molar-refractivity contribution >= 4 is 11.7 Å². The van der Waals surface area contributed by atoms with Crippen molar-refractivity contribution in [3.63, 3.8) is 0 Å². The minimum absolute atomic E-state index is 0.293. The zero-order valence-corrected chi connectivity index (χ0v) is 10.6. The third-order valence-electron chi connectivity index (χ3n) is 3.38. The van der Waals surface area contributed by atoms with Gasteiger partial charge in [-0.15, -0.1) is 0 Å². The third-order valence-corrected chi connectivity index (χ3v) is 3.38. The summed E-state index contributed by atoms with van der Waals surface area (Å²) < 4.78 is 5.23. The SMILES string of the molecule is CCOC(=O)C1(c2cc[nH]n2)Cc2ccccc2N1. The molecule has 0 aliphatic carbocycles. The molecule has 0 bridgehead atoms. The number of nitrogens with zero attached hydrogens (tertiary/aromatic N) is 1. The summed E-state index contributed by atoms with van der Waals surface area (Å²) in [4.78, 5) is 12.4. The molecule has 5 heteroatoms. The van der Waals surface area contributed by atoms with Crippen LogP contribution in [0.2, 0.25) is 0 Å². The molecule has 3 rings (SSSR count). The summed E-state index contributed by atoms with van der Waals surface area (Å²) in [7, 11) is 0. The van der Waals surface area contributed by atoms with E-state index < -0.39 is 5.54 Å². The number of carbonyl (C=O) groups is 1. The first kappa shape index (κ1) is 11.8. The summed E-state index contributed by atoms with van der Waals surface area (Å²) in [6.45, 7) is 2.15. The van der Waals surface area contributed by atoms with Gasteiger partial charge in [0.05, 0.1) is 12.3 Å². The van der Waals surface area contributed by atoms with Crippen molar-refractivity contribution in [2.45, 2.75) is 18.9 Å². The number of nitrogens with one attached hydrogen (secondary N) is 2. The van der Waals surface area contributed by atoms with Crippen LogP contribution < -0.4 is 5.32 Å². The lowest BCUT2D eigenvalue weighted by Crippen LogP contribution is -2.43. The Balaban J connectivity index is 2.04. The molecule has 0 fully saturated rings. The highest BCUT2D eigenvalue weighted by Gasteiger charge is 2.48. The van der Waals surface area contributed by atoms with Gasteiger partial charge in [-0.1, -0.05) is 18.2 Å². The number of fused-ring (bicyclic) bond motifs is 1. The normalized spacial score (nSPS) is 20.7. The Morgan fingerprint density at radius 1 is 1.42 bits per heavy atom. The number of ether oxygens (including phenoxy) is 1. The zero-order valence-electron chi connectivity index (χ0n) is 10.6. The van der Waals surface area contributed by atoms with Crippen molar-refractivity contribution in [1.29, 1.82) is 0 Å². The van der Waals surface area contributed by atoms with Gasteiger partial charge in [-0.3, -0.25) is 5.10 Å². The number of benzene rings is 1. The van der Waals surface area contributed by atoms with Gasteiger partial charge in [-0.25, -0.2) is 4.79 Å². The molecule has 2 heterocycles. The van der Waals surface area contributed by atoms with Gasteiger partial charge in [-0.05, 0) is 24.6 Å². The maximum absolute atomic E-state index is 12.4. The fourth-order valence-corrected chi connectivity index (χ4v) is 2.49. The van der Waals surface area contributed by atoms with Crippen LogP contribution in [0, 0.1) is 0 Å². The van der Waals surface area contributed by atoms with Gasteiger partial charge in [0.2, 0.25) is 0 Å². The van der Waals surface area contributed by atoms with E-state index in [4.69, 9.17) is 4.74 Å². The minimum atomic E-state index is -0.917. The maximum atomic E-state index is 12.4. The Morgan fingerprint density at radius 2 is 2.26 bits per heavy atom. The summed E-state index contributed by atoms with van der Waals surface area (Å²) in [5, 5.41) is 10.2. The molecule has 0 spiro atoms. The lowest BCUT2D eigenvalue weighted by Gasteiger charge is -2.25. The van der Waals surface area contributed by atoms with Gasteiger partial charge >= 0.3 is 5.97 Å². The molecule has 1 aliphatic rings. The van der Waals surface area contributed by atoms with E-state index in [1.165, 1.54) is 0 Å². The molecule has 0 saturated carbocycles. The van der Waals surface area contributed by atoms with E-state index in [0.717, 1.165) is 11.3 Å². The Hall–Kier alpha value is -2.30. The van der Waals surface area contributed by atoms with Crippen LogP contribution in [-0.4, -0.2) is 22.8 Å². The second-order valence-electron chi connectivity index (χ2n) is 4.54. The van der Waals surface area contributed by atoms with Gasteiger partial charge in [0.15, 0.2) is 5.54 Å². The molecule has 5 nitrogen and oxygen atoms in total. The quantitative estimate of drug-likeness (QED) is 0.823. The molecule has 2 aromatic rings. The Bertz CT molecular complexity index is 567. The first-order valence-corrected chi connectivity index (χ1v) is 6.30. The van der Waals surface area contributed by atoms with E-state index in [0.29, 0.717) is 18.7 Å². The first-order chi connectivity index (χ1) is 9.26. The van der Waals surface area contributed by atoms with Crippen LogP contribution >= 0.6 is 0 Å². The van der Waals surface area contributed by atoms with Crippen molar-refractivity contribution < 1.29 is 9.53 Å². The van der Waals surface area contributed by atoms with Gasteiger partial charge in [0.25, 0.3) is 0 Å². The number of hydrogen-bond acceptors (Lipinski definition) is 4. The monoisotopic (exact) mass is 257 g/mol. The standard InChI is InChI=1S/C14H15N3O2/c1-2-19-13(18)14(12-7-8-15-17-12)9-10-5-3-4-6-11(10)16-14/h3-8,16H,2,9H2,1H3,(H,15,17). The summed E-state index contributed by atoms with van der Waals surface area (Å²) in [5.41, 5.74) is 1.79. The van der Waals surface area contributed by atoms with E-state index in [9.17, 15) is 4.79 Å². The van der Waals surface area contributed by atoms with E-state index in [-0.39, 0.29) is 5.97 Å². The molecule has 0 saturated heterocycles. The predicted octanol–water partition coefficient (Wildman–Crippen LogP) is 1.84. The highest BCUT2D eigenvalue weighted by atomic mass is 16.5. The van der Waals surface area contributed by atoms with Crippen molar-refractivity contribution in [1.82, 2.24) is 10.2 Å². The fourth-order valence-electron chi connectivity index (χ4n) is 2.49. The molecule has 2 N–H and O–H groups in total. The maximum Gasteiger partial charge on any atom is 0.338 e. The highest BCUT2D eigenvalue weighted by molar-refractivity contribution is 5.89. The van der Waals surface area contributed by atoms with Crippen LogP contribution in [0.5, 0.6) is 0 Å². The average molecular weight is 257 g/mol. The molecule has 1 atom stereocenters. The van der Waals surface area contributed by atoms with E-state index in [1.54, 1.807) is 19.2 Å². The van der Waals surface area contributed by atoms with E-state index >= 15 is 0 Å². The molecule has 0 radical (unpaired) electrons. The first-order valence-electron chi connectivity index (χ1n) is 6.30. The number of carbonyl (C=O) groups excluding carboxylic acids is 1. The van der Waals surface area contributed by atoms with Gasteiger partial charge in [0, 0.05) is 18.3 Å². The predicted molar refractivity (Wildman–Crippen MR) is 70.7 cm³/mol. The molecule has 0 amide bonds. The summed E-state index contributed by atoms with van der Waals surface area (Å²) >= 11 is 0. The molecule has 19 heavy (non-hydrogen) atoms. The Labute approximate surface area is 111 Å². The average Bonchev–Trinajstić information content (AvgIpc) is 3.06. The zero-order chi connectivity index (χ0) is 13.3. The second-order valence-corrected chi connectivity index (χ2v) is 4.54. The number of aromatic amines is 1. The molecule has 1 aromatic carbocycles. The number of hydrogen-bond donors (Lipinski definition) is 2. The number of H-pyrrole nitrogens is 1. The molecular formula is C14H15N3O2. The molecule has 98 valence electrons. The van der Waals surface area contributed by atoms with Crippen LogP contribution in [0.4, 0.5) is 5.69 Å². The highest BCUT2D eigenvalue weighted by Crippen LogP contribution is 2.39. The number of aromatic nitrogens is 2. The third kappa shape index (κ3) is 1.78. The largest absolute Gasteiger partial charge is 0.464 e.